The van der Waals surface area contributed by atoms with Crippen LogP contribution >= 0.6 is 0 Å². The summed E-state index contributed by atoms with van der Waals surface area (Å²) in [5.74, 6) is 0. The fourth-order valence-corrected chi connectivity index (χ4v) is 3.39. The Hall–Kier alpha value is -2.36. The molecule has 0 saturated carbocycles. The van der Waals surface area contributed by atoms with Crippen molar-refractivity contribution in [1.29, 1.82) is 0 Å². The van der Waals surface area contributed by atoms with Gasteiger partial charge in [-0.1, -0.05) is 12.1 Å². The Morgan fingerprint density at radius 1 is 0.926 bits per heavy atom. The number of rotatable bonds is 3. The van der Waals surface area contributed by atoms with Crippen LogP contribution in [0, 0.1) is 0 Å². The number of aliphatic hydroxyl groups excluding tert-OH is 4. The molecule has 8 nitrogen and oxygen atoms in total. The van der Waals surface area contributed by atoms with Gasteiger partial charge in [-0.05, 0) is 24.3 Å². The fraction of sp³-hybridized carbons (Fsp3) is 0.368. The molecule has 0 bridgehead atoms. The average molecular weight is 373 g/mol. The predicted octanol–water partition coefficient (Wildman–Crippen LogP) is -0.274. The summed E-state index contributed by atoms with van der Waals surface area (Å²) in [6.45, 7) is -0.493. The van der Waals surface area contributed by atoms with E-state index in [0.717, 1.165) is 0 Å². The van der Waals surface area contributed by atoms with Crippen LogP contribution in [0.15, 0.2) is 45.6 Å². The molecule has 0 amide bonds. The lowest BCUT2D eigenvalue weighted by molar-refractivity contribution is -0.228. The first-order valence-electron chi connectivity index (χ1n) is 8.61. The molecule has 0 aliphatic carbocycles. The highest BCUT2D eigenvalue weighted by atomic mass is 16.5. The lowest BCUT2D eigenvalue weighted by atomic mass is 9.93. The van der Waals surface area contributed by atoms with Crippen molar-refractivity contribution in [2.45, 2.75) is 36.9 Å². The molecule has 1 fully saturated rings. The number of hydrogen-bond acceptors (Lipinski definition) is 8. The van der Waals surface area contributed by atoms with Gasteiger partial charge in [-0.2, -0.15) is 0 Å². The molecular weight excluding hydrogens is 354 g/mol. The minimum Gasteiger partial charge on any atom is -0.437 e. The van der Waals surface area contributed by atoms with Crippen LogP contribution in [0.5, 0.6) is 0 Å². The summed E-state index contributed by atoms with van der Waals surface area (Å²) in [5, 5.41) is 40.0. The fourth-order valence-electron chi connectivity index (χ4n) is 3.39. The Morgan fingerprint density at radius 2 is 1.67 bits per heavy atom. The van der Waals surface area contributed by atoms with E-state index in [-0.39, 0.29) is 17.6 Å². The Morgan fingerprint density at radius 3 is 2.44 bits per heavy atom. The Labute approximate surface area is 153 Å². The molecule has 3 aromatic rings. The van der Waals surface area contributed by atoms with Crippen LogP contribution in [0.25, 0.3) is 22.1 Å². The molecule has 3 heterocycles. The van der Waals surface area contributed by atoms with Gasteiger partial charge < -0.3 is 29.6 Å². The van der Waals surface area contributed by atoms with Gasteiger partial charge in [-0.3, -0.25) is 4.79 Å². The monoisotopic (exact) mass is 373 g/mol. The summed E-state index contributed by atoms with van der Waals surface area (Å²) < 4.78 is 11.2. The maximum Gasteiger partial charge on any atom is 0.230 e. The molecule has 1 aliphatic heterocycles. The number of fused-ring (bicyclic) bond motifs is 2. The molecule has 1 aromatic carbocycles. The molecule has 0 radical (unpaired) electrons. The van der Waals surface area contributed by atoms with Crippen LogP contribution < -0.4 is 5.43 Å². The van der Waals surface area contributed by atoms with Gasteiger partial charge in [-0.25, -0.2) is 4.98 Å². The predicted molar refractivity (Wildman–Crippen MR) is 95.3 cm³/mol. The van der Waals surface area contributed by atoms with Crippen LogP contribution in [-0.2, 0) is 11.2 Å². The Balaban J connectivity index is 1.68. The van der Waals surface area contributed by atoms with E-state index in [1.54, 1.807) is 36.4 Å². The summed E-state index contributed by atoms with van der Waals surface area (Å²) in [6.07, 6.45) is -5.94. The van der Waals surface area contributed by atoms with Crippen molar-refractivity contribution in [3.8, 4) is 0 Å². The van der Waals surface area contributed by atoms with Gasteiger partial charge >= 0.3 is 0 Å². The number of nitrogens with zero attached hydrogens (tertiary/aromatic N) is 1. The first-order valence-corrected chi connectivity index (χ1v) is 8.61. The van der Waals surface area contributed by atoms with Crippen molar-refractivity contribution in [3.63, 3.8) is 0 Å². The van der Waals surface area contributed by atoms with Gasteiger partial charge in [0.2, 0.25) is 11.1 Å². The summed E-state index contributed by atoms with van der Waals surface area (Å²) in [7, 11) is 0. The number of hydrogen-bond donors (Lipinski definition) is 4. The molecule has 0 spiro atoms. The highest BCUT2D eigenvalue weighted by Gasteiger charge is 2.43. The third-order valence-corrected chi connectivity index (χ3v) is 4.90. The molecule has 2 aromatic heterocycles. The van der Waals surface area contributed by atoms with Crippen molar-refractivity contribution < 1.29 is 29.6 Å². The minimum atomic E-state index is -1.44. The van der Waals surface area contributed by atoms with E-state index in [1.165, 1.54) is 0 Å². The van der Waals surface area contributed by atoms with Gasteiger partial charge in [0.25, 0.3) is 0 Å². The van der Waals surface area contributed by atoms with E-state index in [0.29, 0.717) is 22.0 Å². The first kappa shape index (κ1) is 18.0. The quantitative estimate of drug-likeness (QED) is 0.461. The molecule has 1 aliphatic rings. The molecule has 0 unspecified atom stereocenters. The van der Waals surface area contributed by atoms with Crippen molar-refractivity contribution in [2.75, 3.05) is 6.61 Å². The van der Waals surface area contributed by atoms with Gasteiger partial charge in [0.15, 0.2) is 0 Å². The maximum atomic E-state index is 12.5. The van der Waals surface area contributed by atoms with E-state index in [9.17, 15) is 25.2 Å². The van der Waals surface area contributed by atoms with Gasteiger partial charge in [0.05, 0.1) is 23.5 Å². The highest BCUT2D eigenvalue weighted by molar-refractivity contribution is 5.87. The second kappa shape index (κ2) is 6.99. The molecule has 4 rings (SSSR count). The molecule has 27 heavy (non-hydrogen) atoms. The van der Waals surface area contributed by atoms with Crippen LogP contribution in [-0.4, -0.2) is 62.5 Å². The zero-order chi connectivity index (χ0) is 19.1. The zero-order valence-corrected chi connectivity index (χ0v) is 14.2. The van der Waals surface area contributed by atoms with Crippen molar-refractivity contribution in [1.82, 2.24) is 4.98 Å². The van der Waals surface area contributed by atoms with Crippen LogP contribution in [0.1, 0.15) is 5.69 Å². The first-order chi connectivity index (χ1) is 13.0. The molecule has 5 atom stereocenters. The number of aliphatic hydroxyl groups is 4. The maximum absolute atomic E-state index is 12.5. The topological polar surface area (TPSA) is 133 Å². The summed E-state index contributed by atoms with van der Waals surface area (Å²) >= 11 is 0. The zero-order valence-electron chi connectivity index (χ0n) is 14.2. The molecular formula is C19H19NO7. The Kier molecular flexibility index (Phi) is 4.67. The van der Waals surface area contributed by atoms with E-state index in [1.807, 2.05) is 0 Å². The van der Waals surface area contributed by atoms with Gasteiger partial charge in [-0.15, -0.1) is 0 Å². The van der Waals surface area contributed by atoms with E-state index >= 15 is 0 Å². The van der Waals surface area contributed by atoms with E-state index in [2.05, 4.69) is 4.98 Å². The summed E-state index contributed by atoms with van der Waals surface area (Å²) in [5.41, 5.74) is 0.886. The Bertz CT molecular complexity index is 1030. The van der Waals surface area contributed by atoms with Crippen LogP contribution in [0.4, 0.5) is 0 Å². The van der Waals surface area contributed by atoms with E-state index < -0.39 is 37.1 Å². The van der Waals surface area contributed by atoms with Crippen molar-refractivity contribution in [2.24, 2.45) is 0 Å². The van der Waals surface area contributed by atoms with Gasteiger partial charge in [0, 0.05) is 12.1 Å². The molecule has 142 valence electrons. The third-order valence-electron chi connectivity index (χ3n) is 4.90. The normalized spacial score (nSPS) is 28.7. The summed E-state index contributed by atoms with van der Waals surface area (Å²) in [6, 6.07) is 10.1. The smallest absolute Gasteiger partial charge is 0.230 e. The lowest BCUT2D eigenvalue weighted by Crippen LogP contribution is -2.59. The van der Waals surface area contributed by atoms with Crippen LogP contribution in [0.2, 0.25) is 0 Å². The SMILES string of the molecule is O=c1c2ccccc2oc2nc(C[C@@H]3O[C@H](CO)[C@H](O)[C@H](O)[C@H]3O)ccc12. The number of para-hydroxylation sites is 1. The average Bonchev–Trinajstić information content (AvgIpc) is 2.68. The van der Waals surface area contributed by atoms with Crippen LogP contribution in [0.3, 0.4) is 0 Å². The second-order valence-corrected chi connectivity index (χ2v) is 6.65. The molecule has 8 heteroatoms. The summed E-state index contributed by atoms with van der Waals surface area (Å²) in [4.78, 5) is 16.9. The highest BCUT2D eigenvalue weighted by Crippen LogP contribution is 2.24. The van der Waals surface area contributed by atoms with Crippen molar-refractivity contribution >= 4 is 22.1 Å². The van der Waals surface area contributed by atoms with Crippen molar-refractivity contribution in [3.05, 3.63) is 52.3 Å². The largest absolute Gasteiger partial charge is 0.437 e. The molecule has 1 saturated heterocycles. The van der Waals surface area contributed by atoms with Gasteiger partial charge in [0.1, 0.15) is 30.0 Å². The third kappa shape index (κ3) is 3.11. The number of ether oxygens (including phenoxy) is 1. The minimum absolute atomic E-state index is 0.105. The second-order valence-electron chi connectivity index (χ2n) is 6.65. The lowest BCUT2D eigenvalue weighted by Gasteiger charge is -2.40. The molecule has 4 N–H and O–H groups in total. The standard InChI is InChI=1S/C19H19NO7/c21-8-14-17(24)18(25)16(23)13(26-14)7-9-5-6-11-15(22)10-3-1-2-4-12(10)27-19(11)20-9/h1-6,13-14,16-18,21,23-25H,7-8H2/t13-,14+,16-,17-,18+/m0/s1. The number of aromatic nitrogens is 1. The van der Waals surface area contributed by atoms with E-state index in [4.69, 9.17) is 9.15 Å². The number of pyridine rings is 1. The number of benzene rings is 1.